The van der Waals surface area contributed by atoms with Gasteiger partial charge in [0.2, 0.25) is 0 Å². The predicted octanol–water partition coefficient (Wildman–Crippen LogP) is 1.47. The Balaban J connectivity index is 2.08. The summed E-state index contributed by atoms with van der Waals surface area (Å²) < 4.78 is 0. The van der Waals surface area contributed by atoms with E-state index in [0.29, 0.717) is 0 Å². The number of rotatable bonds is 2. The number of aliphatic hydroxyl groups excluding tert-OH is 1. The average molecular weight is 200 g/mol. The molecule has 74 valence electrons. The van der Waals surface area contributed by atoms with Crippen molar-refractivity contribution in [1.29, 1.82) is 0 Å². The summed E-state index contributed by atoms with van der Waals surface area (Å²) in [6, 6.07) is 0. The molecule has 0 amide bonds. The zero-order valence-corrected chi connectivity index (χ0v) is 8.55. The van der Waals surface area contributed by atoms with Crippen LogP contribution >= 0.6 is 11.8 Å². The van der Waals surface area contributed by atoms with Gasteiger partial charge in [-0.15, -0.1) is 0 Å². The number of carbonyl (C=O) groups is 1. The normalized spacial score (nSPS) is 37.9. The summed E-state index contributed by atoms with van der Waals surface area (Å²) in [6.07, 6.45) is 4.82. The molecule has 1 aliphatic carbocycles. The molecule has 0 spiro atoms. The van der Waals surface area contributed by atoms with Crippen molar-refractivity contribution in [3.05, 3.63) is 0 Å². The van der Waals surface area contributed by atoms with E-state index in [1.807, 2.05) is 11.8 Å². The largest absolute Gasteiger partial charge is 0.393 e. The van der Waals surface area contributed by atoms with Crippen LogP contribution in [0.3, 0.4) is 0 Å². The van der Waals surface area contributed by atoms with E-state index >= 15 is 0 Å². The lowest BCUT2D eigenvalue weighted by molar-refractivity contribution is -0.129. The molecule has 2 rings (SSSR count). The summed E-state index contributed by atoms with van der Waals surface area (Å²) in [5.74, 6) is 2.44. The number of hydrogen-bond acceptors (Lipinski definition) is 3. The summed E-state index contributed by atoms with van der Waals surface area (Å²) in [7, 11) is 0. The fourth-order valence-electron chi connectivity index (χ4n) is 2.48. The van der Waals surface area contributed by atoms with Gasteiger partial charge < -0.3 is 9.90 Å². The molecule has 13 heavy (non-hydrogen) atoms. The van der Waals surface area contributed by atoms with Gasteiger partial charge in [-0.2, -0.15) is 11.8 Å². The van der Waals surface area contributed by atoms with Gasteiger partial charge in [0, 0.05) is 5.41 Å². The first-order valence-corrected chi connectivity index (χ1v) is 6.16. The summed E-state index contributed by atoms with van der Waals surface area (Å²) in [5, 5.41) is 9.59. The first-order valence-electron chi connectivity index (χ1n) is 5.01. The Labute approximate surface area is 83.1 Å². The molecule has 1 aliphatic heterocycles. The molecule has 2 atom stereocenters. The highest BCUT2D eigenvalue weighted by molar-refractivity contribution is 7.99. The standard InChI is InChI=1S/C10H16O2S/c11-7-10(3-5-13-6-4-10)8-1-2-9(8)12/h7-9,12H,1-6H2. The van der Waals surface area contributed by atoms with Crippen LogP contribution in [0.15, 0.2) is 0 Å². The van der Waals surface area contributed by atoms with E-state index in [4.69, 9.17) is 0 Å². The zero-order chi connectivity index (χ0) is 9.31. The number of carbonyl (C=O) groups excluding carboxylic acids is 1. The summed E-state index contributed by atoms with van der Waals surface area (Å²) >= 11 is 1.93. The third-order valence-corrected chi connectivity index (χ3v) is 4.62. The van der Waals surface area contributed by atoms with Gasteiger partial charge in [0.25, 0.3) is 0 Å². The van der Waals surface area contributed by atoms with Crippen LogP contribution in [0.2, 0.25) is 0 Å². The molecular weight excluding hydrogens is 184 g/mol. The van der Waals surface area contributed by atoms with Crippen LogP contribution in [-0.2, 0) is 4.79 Å². The predicted molar refractivity (Wildman–Crippen MR) is 53.8 cm³/mol. The minimum atomic E-state index is -0.201. The molecule has 1 N–H and O–H groups in total. The van der Waals surface area contributed by atoms with Crippen molar-refractivity contribution >= 4 is 18.0 Å². The average Bonchev–Trinajstić information content (AvgIpc) is 2.17. The van der Waals surface area contributed by atoms with E-state index in [-0.39, 0.29) is 17.4 Å². The Hall–Kier alpha value is -0.0200. The second-order valence-electron chi connectivity index (χ2n) is 4.21. The lowest BCUT2D eigenvalue weighted by Gasteiger charge is -2.47. The van der Waals surface area contributed by atoms with E-state index < -0.39 is 0 Å². The SMILES string of the molecule is O=CC1(C2CCC2O)CCSCC1. The molecule has 1 heterocycles. The monoisotopic (exact) mass is 200 g/mol. The van der Waals surface area contributed by atoms with Gasteiger partial charge in [-0.3, -0.25) is 0 Å². The van der Waals surface area contributed by atoms with Crippen molar-refractivity contribution in [2.24, 2.45) is 11.3 Å². The fraction of sp³-hybridized carbons (Fsp3) is 0.900. The summed E-state index contributed by atoms with van der Waals surface area (Å²) in [6.45, 7) is 0. The first-order chi connectivity index (χ1) is 6.28. The maximum atomic E-state index is 11.1. The zero-order valence-electron chi connectivity index (χ0n) is 7.74. The van der Waals surface area contributed by atoms with Crippen molar-refractivity contribution in [3.8, 4) is 0 Å². The van der Waals surface area contributed by atoms with Gasteiger partial charge >= 0.3 is 0 Å². The number of thioether (sulfide) groups is 1. The Morgan fingerprint density at radius 3 is 2.38 bits per heavy atom. The second-order valence-corrected chi connectivity index (χ2v) is 5.44. The van der Waals surface area contributed by atoms with Crippen LogP contribution in [0.1, 0.15) is 25.7 Å². The van der Waals surface area contributed by atoms with Crippen LogP contribution in [0, 0.1) is 11.3 Å². The van der Waals surface area contributed by atoms with Crippen molar-refractivity contribution in [3.63, 3.8) is 0 Å². The lowest BCUT2D eigenvalue weighted by Crippen LogP contribution is -2.47. The molecule has 3 heteroatoms. The van der Waals surface area contributed by atoms with E-state index in [0.717, 1.165) is 43.5 Å². The second kappa shape index (κ2) is 3.62. The highest BCUT2D eigenvalue weighted by atomic mass is 32.2. The molecule has 1 saturated carbocycles. The van der Waals surface area contributed by atoms with Crippen molar-refractivity contribution < 1.29 is 9.90 Å². The van der Waals surface area contributed by atoms with Crippen LogP contribution < -0.4 is 0 Å². The first kappa shape index (κ1) is 9.53. The van der Waals surface area contributed by atoms with Gasteiger partial charge in [-0.05, 0) is 43.1 Å². The smallest absolute Gasteiger partial charge is 0.126 e. The van der Waals surface area contributed by atoms with E-state index in [1.54, 1.807) is 0 Å². The van der Waals surface area contributed by atoms with Crippen LogP contribution in [-0.4, -0.2) is 29.0 Å². The molecule has 1 saturated heterocycles. The van der Waals surface area contributed by atoms with Crippen molar-refractivity contribution in [2.75, 3.05) is 11.5 Å². The number of hydrogen-bond donors (Lipinski definition) is 1. The molecule has 0 aromatic heterocycles. The van der Waals surface area contributed by atoms with E-state index in [9.17, 15) is 9.90 Å². The Morgan fingerprint density at radius 2 is 2.00 bits per heavy atom. The van der Waals surface area contributed by atoms with Crippen LogP contribution in [0.5, 0.6) is 0 Å². The van der Waals surface area contributed by atoms with Gasteiger partial charge in [0.1, 0.15) is 6.29 Å². The molecule has 0 aromatic carbocycles. The van der Waals surface area contributed by atoms with Crippen molar-refractivity contribution in [1.82, 2.24) is 0 Å². The summed E-state index contributed by atoms with van der Waals surface area (Å²) in [5.41, 5.74) is -0.164. The minimum Gasteiger partial charge on any atom is -0.393 e. The fourth-order valence-corrected chi connectivity index (χ4v) is 3.73. The Bertz CT molecular complexity index is 199. The van der Waals surface area contributed by atoms with Crippen LogP contribution in [0.25, 0.3) is 0 Å². The maximum absolute atomic E-state index is 11.1. The van der Waals surface area contributed by atoms with Crippen molar-refractivity contribution in [2.45, 2.75) is 31.8 Å². The number of aldehydes is 1. The highest BCUT2D eigenvalue weighted by Gasteiger charge is 2.47. The van der Waals surface area contributed by atoms with Gasteiger partial charge in [-0.1, -0.05) is 0 Å². The summed E-state index contributed by atoms with van der Waals surface area (Å²) in [4.78, 5) is 11.1. The minimum absolute atomic E-state index is 0.164. The molecule has 2 fully saturated rings. The Kier molecular flexibility index (Phi) is 2.65. The topological polar surface area (TPSA) is 37.3 Å². The molecule has 2 unspecified atom stereocenters. The van der Waals surface area contributed by atoms with Gasteiger partial charge in [0.15, 0.2) is 0 Å². The quantitative estimate of drug-likeness (QED) is 0.686. The molecule has 2 aliphatic rings. The molecule has 2 nitrogen and oxygen atoms in total. The van der Waals surface area contributed by atoms with Crippen LogP contribution in [0.4, 0.5) is 0 Å². The number of aliphatic hydroxyl groups is 1. The maximum Gasteiger partial charge on any atom is 0.126 e. The third-order valence-electron chi connectivity index (χ3n) is 3.63. The third kappa shape index (κ3) is 1.52. The lowest BCUT2D eigenvalue weighted by atomic mass is 9.61. The molecular formula is C10H16O2S. The van der Waals surface area contributed by atoms with E-state index in [2.05, 4.69) is 0 Å². The molecule has 0 bridgehead atoms. The Morgan fingerprint density at radius 1 is 1.31 bits per heavy atom. The molecule has 0 aromatic rings. The van der Waals surface area contributed by atoms with Gasteiger partial charge in [-0.25, -0.2) is 0 Å². The highest BCUT2D eigenvalue weighted by Crippen LogP contribution is 2.48. The van der Waals surface area contributed by atoms with E-state index in [1.165, 1.54) is 0 Å². The van der Waals surface area contributed by atoms with Gasteiger partial charge in [0.05, 0.1) is 6.10 Å². The molecule has 0 radical (unpaired) electrons.